The van der Waals surface area contributed by atoms with Crippen LogP contribution in [0.2, 0.25) is 0 Å². The van der Waals surface area contributed by atoms with Gasteiger partial charge in [0, 0.05) is 18.3 Å². The molecular formula is C24H29N3O4. The maximum absolute atomic E-state index is 13.0. The van der Waals surface area contributed by atoms with Gasteiger partial charge in [-0.1, -0.05) is 32.0 Å². The van der Waals surface area contributed by atoms with Crippen molar-refractivity contribution in [2.75, 3.05) is 33.3 Å². The minimum Gasteiger partial charge on any atom is -0.507 e. The van der Waals surface area contributed by atoms with E-state index in [0.717, 1.165) is 26.1 Å². The van der Waals surface area contributed by atoms with Crippen molar-refractivity contribution in [3.8, 4) is 5.75 Å². The Morgan fingerprint density at radius 3 is 2.58 bits per heavy atom. The number of aliphatic hydroxyl groups excluding tert-OH is 1. The Hall–Kier alpha value is -3.19. The lowest BCUT2D eigenvalue weighted by molar-refractivity contribution is -0.140. The first-order chi connectivity index (χ1) is 15.0. The summed E-state index contributed by atoms with van der Waals surface area (Å²) in [5, 5.41) is 11.1. The van der Waals surface area contributed by atoms with E-state index in [1.54, 1.807) is 42.6 Å². The monoisotopic (exact) mass is 423 g/mol. The number of hydrogen-bond acceptors (Lipinski definition) is 6. The lowest BCUT2D eigenvalue weighted by Crippen LogP contribution is -2.33. The molecule has 3 rings (SSSR count). The van der Waals surface area contributed by atoms with Gasteiger partial charge in [-0.15, -0.1) is 0 Å². The highest BCUT2D eigenvalue weighted by Crippen LogP contribution is 2.38. The number of benzene rings is 1. The predicted molar refractivity (Wildman–Crippen MR) is 119 cm³/mol. The Morgan fingerprint density at radius 1 is 1.16 bits per heavy atom. The fourth-order valence-electron chi connectivity index (χ4n) is 3.89. The second-order valence-electron chi connectivity index (χ2n) is 7.36. The van der Waals surface area contributed by atoms with Gasteiger partial charge in [0.2, 0.25) is 0 Å². The summed E-state index contributed by atoms with van der Waals surface area (Å²) in [5.41, 5.74) is 1.02. The van der Waals surface area contributed by atoms with E-state index < -0.39 is 17.7 Å². The molecule has 1 aliphatic heterocycles. The van der Waals surface area contributed by atoms with Crippen LogP contribution in [0.15, 0.2) is 54.2 Å². The molecule has 0 aliphatic carbocycles. The number of ketones is 1. The lowest BCUT2D eigenvalue weighted by Gasteiger charge is -2.26. The first kappa shape index (κ1) is 22.5. The number of pyridine rings is 1. The van der Waals surface area contributed by atoms with E-state index in [4.69, 9.17) is 4.74 Å². The van der Waals surface area contributed by atoms with Gasteiger partial charge in [-0.3, -0.25) is 14.6 Å². The summed E-state index contributed by atoms with van der Waals surface area (Å²) in [5.74, 6) is -0.982. The van der Waals surface area contributed by atoms with Gasteiger partial charge in [0.15, 0.2) is 0 Å². The number of Topliss-reactive ketones (excluding diaryl/α,β-unsaturated/α-hetero) is 1. The molecule has 1 saturated heterocycles. The number of ether oxygens (including phenoxy) is 1. The highest BCUT2D eigenvalue weighted by atomic mass is 16.5. The van der Waals surface area contributed by atoms with Crippen LogP contribution in [0.5, 0.6) is 5.75 Å². The molecule has 31 heavy (non-hydrogen) atoms. The Kier molecular flexibility index (Phi) is 7.41. The van der Waals surface area contributed by atoms with Crippen LogP contribution in [0.1, 0.15) is 37.6 Å². The van der Waals surface area contributed by atoms with Gasteiger partial charge in [-0.2, -0.15) is 0 Å². The van der Waals surface area contributed by atoms with E-state index in [2.05, 4.69) is 23.7 Å². The van der Waals surface area contributed by atoms with E-state index in [0.29, 0.717) is 23.6 Å². The van der Waals surface area contributed by atoms with Crippen LogP contribution in [0.3, 0.4) is 0 Å². The third-order valence-corrected chi connectivity index (χ3v) is 5.62. The van der Waals surface area contributed by atoms with Gasteiger partial charge in [-0.25, -0.2) is 0 Å². The Bertz CT molecular complexity index is 954. The van der Waals surface area contributed by atoms with Crippen LogP contribution in [-0.4, -0.2) is 64.9 Å². The van der Waals surface area contributed by atoms with E-state index in [1.165, 1.54) is 12.0 Å². The van der Waals surface area contributed by atoms with Crippen LogP contribution in [0.25, 0.3) is 5.76 Å². The maximum atomic E-state index is 13.0. The molecule has 1 amide bonds. The highest BCUT2D eigenvalue weighted by Gasteiger charge is 2.46. The fraction of sp³-hybridized carbons (Fsp3) is 0.375. The summed E-state index contributed by atoms with van der Waals surface area (Å²) in [6.07, 6.45) is 2.34. The minimum atomic E-state index is -0.732. The second kappa shape index (κ2) is 10.2. The van der Waals surface area contributed by atoms with Crippen molar-refractivity contribution in [2.24, 2.45) is 0 Å². The number of hydrogen-bond donors (Lipinski definition) is 1. The largest absolute Gasteiger partial charge is 0.507 e. The van der Waals surface area contributed by atoms with Crippen molar-refractivity contribution in [1.82, 2.24) is 14.8 Å². The van der Waals surface area contributed by atoms with Gasteiger partial charge in [0.1, 0.15) is 17.6 Å². The Morgan fingerprint density at radius 2 is 1.94 bits per heavy atom. The molecule has 1 aromatic heterocycles. The Balaban J connectivity index is 2.01. The van der Waals surface area contributed by atoms with Crippen molar-refractivity contribution < 1.29 is 19.4 Å². The molecule has 1 N–H and O–H groups in total. The maximum Gasteiger partial charge on any atom is 0.295 e. The highest BCUT2D eigenvalue weighted by molar-refractivity contribution is 6.46. The zero-order valence-corrected chi connectivity index (χ0v) is 18.2. The number of aliphatic hydroxyl groups is 1. The zero-order chi connectivity index (χ0) is 22.4. The molecular weight excluding hydrogens is 394 g/mol. The second-order valence-corrected chi connectivity index (χ2v) is 7.36. The minimum absolute atomic E-state index is 0.0554. The number of aromatic nitrogens is 1. The third kappa shape index (κ3) is 4.77. The van der Waals surface area contributed by atoms with Crippen molar-refractivity contribution in [3.63, 3.8) is 0 Å². The summed E-state index contributed by atoms with van der Waals surface area (Å²) in [6.45, 7) is 7.26. The predicted octanol–water partition coefficient (Wildman–Crippen LogP) is 3.24. The quantitative estimate of drug-likeness (QED) is 0.379. The number of nitrogens with zero attached hydrogens (tertiary/aromatic N) is 3. The molecule has 7 heteroatoms. The van der Waals surface area contributed by atoms with Crippen molar-refractivity contribution in [3.05, 3.63) is 65.5 Å². The molecule has 2 aromatic rings. The Labute approximate surface area is 183 Å². The summed E-state index contributed by atoms with van der Waals surface area (Å²) in [7, 11) is 1.53. The van der Waals surface area contributed by atoms with Crippen molar-refractivity contribution >= 4 is 17.4 Å². The van der Waals surface area contributed by atoms with Crippen LogP contribution in [0, 0.1) is 0 Å². The number of amides is 1. The van der Waals surface area contributed by atoms with Crippen LogP contribution in [0.4, 0.5) is 0 Å². The van der Waals surface area contributed by atoms with Crippen LogP contribution < -0.4 is 4.74 Å². The summed E-state index contributed by atoms with van der Waals surface area (Å²) in [4.78, 5) is 34.1. The number of carbonyl (C=O) groups excluding carboxylic acids is 2. The molecule has 0 bridgehead atoms. The SMILES string of the molecule is CCN(CC)CCCN1C(=O)C(=O)/C(=C(/O)c2cccc(OC)c2)[C@@H]1c1ccccn1. The standard InChI is InChI=1S/C24H29N3O4/c1-4-26(5-2)14-9-15-27-21(19-12-6-7-13-25-19)20(23(29)24(27)30)22(28)17-10-8-11-18(16-17)31-3/h6-8,10-13,16,21,28H,4-5,9,14-15H2,1-3H3/b22-20+/t21-/m0/s1. The molecule has 0 radical (unpaired) electrons. The van der Waals surface area contributed by atoms with Gasteiger partial charge in [0.05, 0.1) is 18.4 Å². The van der Waals surface area contributed by atoms with Crippen molar-refractivity contribution in [1.29, 1.82) is 0 Å². The average Bonchev–Trinajstić information content (AvgIpc) is 3.07. The molecule has 0 saturated carbocycles. The zero-order valence-electron chi connectivity index (χ0n) is 18.2. The summed E-state index contributed by atoms with van der Waals surface area (Å²) in [6, 6.07) is 11.4. The van der Waals surface area contributed by atoms with Crippen molar-refractivity contribution in [2.45, 2.75) is 26.3 Å². The van der Waals surface area contributed by atoms with Gasteiger partial charge < -0.3 is 19.6 Å². The smallest absolute Gasteiger partial charge is 0.295 e. The van der Waals surface area contributed by atoms with Gasteiger partial charge in [-0.05, 0) is 50.3 Å². The van der Waals surface area contributed by atoms with E-state index in [-0.39, 0.29) is 11.3 Å². The van der Waals surface area contributed by atoms with E-state index in [9.17, 15) is 14.7 Å². The van der Waals surface area contributed by atoms with Crippen LogP contribution >= 0.6 is 0 Å². The molecule has 1 aromatic carbocycles. The normalized spacial score (nSPS) is 18.1. The molecule has 7 nitrogen and oxygen atoms in total. The lowest BCUT2D eigenvalue weighted by atomic mass is 9.98. The fourth-order valence-corrected chi connectivity index (χ4v) is 3.89. The molecule has 2 heterocycles. The number of carbonyl (C=O) groups is 2. The number of rotatable bonds is 9. The molecule has 1 atom stereocenters. The average molecular weight is 424 g/mol. The third-order valence-electron chi connectivity index (χ3n) is 5.62. The molecule has 1 fully saturated rings. The summed E-state index contributed by atoms with van der Waals surface area (Å²) >= 11 is 0. The summed E-state index contributed by atoms with van der Waals surface area (Å²) < 4.78 is 5.23. The van der Waals surface area contributed by atoms with Crippen LogP contribution in [-0.2, 0) is 9.59 Å². The number of methoxy groups -OCH3 is 1. The van der Waals surface area contributed by atoms with Gasteiger partial charge in [0.25, 0.3) is 11.7 Å². The van der Waals surface area contributed by atoms with E-state index >= 15 is 0 Å². The molecule has 0 spiro atoms. The molecule has 164 valence electrons. The molecule has 0 unspecified atom stereocenters. The molecule has 1 aliphatic rings. The van der Waals surface area contributed by atoms with E-state index in [1.807, 2.05) is 6.07 Å². The number of likely N-dealkylation sites (tertiary alicyclic amines) is 1. The topological polar surface area (TPSA) is 83.0 Å². The van der Waals surface area contributed by atoms with Gasteiger partial charge >= 0.3 is 0 Å². The first-order valence-corrected chi connectivity index (χ1v) is 10.6. The first-order valence-electron chi connectivity index (χ1n) is 10.6.